The van der Waals surface area contributed by atoms with E-state index in [2.05, 4.69) is 15.7 Å². The Bertz CT molecular complexity index is 1120. The zero-order valence-electron chi connectivity index (χ0n) is 16.2. The summed E-state index contributed by atoms with van der Waals surface area (Å²) in [7, 11) is 0. The standard InChI is InChI=1S/C21H16F6N4O/c22-20(23,24)14-8-4-5-9-15(14)30-19(32)13-11-28-31-17(21(25,26)27)10-16(29-18(13)31)12-6-2-1-3-7-12/h1-9,11,16-17,29H,10H2,(H,30,32)/t16-,17-/m1/s1. The highest BCUT2D eigenvalue weighted by Gasteiger charge is 2.47. The molecule has 11 heteroatoms. The third-order valence-electron chi connectivity index (χ3n) is 5.17. The van der Waals surface area contributed by atoms with Crippen LogP contribution in [0, 0.1) is 0 Å². The lowest BCUT2D eigenvalue weighted by Crippen LogP contribution is -2.36. The Morgan fingerprint density at radius 2 is 1.66 bits per heavy atom. The predicted octanol–water partition coefficient (Wildman–Crippen LogP) is 5.81. The number of alkyl halides is 6. The Balaban J connectivity index is 1.70. The second kappa shape index (κ2) is 7.88. The molecular formula is C21H16F6N4O. The third kappa shape index (κ3) is 4.14. The zero-order chi connectivity index (χ0) is 23.1. The van der Waals surface area contributed by atoms with Gasteiger partial charge in [-0.05, 0) is 17.7 Å². The van der Waals surface area contributed by atoms with Crippen molar-refractivity contribution in [1.82, 2.24) is 9.78 Å². The number of para-hydroxylation sites is 1. The van der Waals surface area contributed by atoms with Crippen LogP contribution in [0.4, 0.5) is 37.8 Å². The molecule has 0 spiro atoms. The third-order valence-corrected chi connectivity index (χ3v) is 5.17. The summed E-state index contributed by atoms with van der Waals surface area (Å²) in [6.45, 7) is 0. The lowest BCUT2D eigenvalue weighted by Gasteiger charge is -2.34. The Morgan fingerprint density at radius 1 is 1.00 bits per heavy atom. The van der Waals surface area contributed by atoms with Gasteiger partial charge in [0.2, 0.25) is 0 Å². The van der Waals surface area contributed by atoms with Crippen LogP contribution in [0.2, 0.25) is 0 Å². The molecule has 2 N–H and O–H groups in total. The lowest BCUT2D eigenvalue weighted by molar-refractivity contribution is -0.173. The first-order valence-corrected chi connectivity index (χ1v) is 9.49. The number of aromatic nitrogens is 2. The number of benzene rings is 2. The van der Waals surface area contributed by atoms with Gasteiger partial charge in [0.1, 0.15) is 11.4 Å². The molecule has 0 aliphatic carbocycles. The van der Waals surface area contributed by atoms with Crippen molar-refractivity contribution in [1.29, 1.82) is 0 Å². The number of amides is 1. The summed E-state index contributed by atoms with van der Waals surface area (Å²) < 4.78 is 81.6. The number of fused-ring (bicyclic) bond motifs is 1. The molecule has 0 radical (unpaired) electrons. The van der Waals surface area contributed by atoms with Crippen LogP contribution in [-0.4, -0.2) is 21.9 Å². The average molecular weight is 454 g/mol. The van der Waals surface area contributed by atoms with Crippen LogP contribution >= 0.6 is 0 Å². The minimum absolute atomic E-state index is 0.214. The number of nitrogens with zero attached hydrogens (tertiary/aromatic N) is 2. The number of halogens is 6. The Kier molecular flexibility index (Phi) is 5.35. The van der Waals surface area contributed by atoms with E-state index in [-0.39, 0.29) is 17.8 Å². The van der Waals surface area contributed by atoms with Crippen LogP contribution < -0.4 is 10.6 Å². The van der Waals surface area contributed by atoms with Gasteiger partial charge in [-0.1, -0.05) is 42.5 Å². The number of anilines is 2. The van der Waals surface area contributed by atoms with Crippen molar-refractivity contribution < 1.29 is 31.1 Å². The maximum absolute atomic E-state index is 13.7. The minimum Gasteiger partial charge on any atom is -0.363 e. The SMILES string of the molecule is O=C(Nc1ccccc1C(F)(F)F)c1cnn2c1N[C@@H](c1ccccc1)C[C@@H]2C(F)(F)F. The summed E-state index contributed by atoms with van der Waals surface area (Å²) in [4.78, 5) is 12.8. The van der Waals surface area contributed by atoms with Gasteiger partial charge in [0.15, 0.2) is 6.04 Å². The molecule has 32 heavy (non-hydrogen) atoms. The molecule has 3 aromatic rings. The molecule has 168 valence electrons. The van der Waals surface area contributed by atoms with E-state index in [1.54, 1.807) is 30.3 Å². The van der Waals surface area contributed by atoms with Crippen molar-refractivity contribution in [2.75, 3.05) is 10.6 Å². The molecule has 4 rings (SSSR count). The molecule has 0 saturated carbocycles. The van der Waals surface area contributed by atoms with Crippen LogP contribution in [0.15, 0.2) is 60.8 Å². The fourth-order valence-corrected chi connectivity index (χ4v) is 3.66. The van der Waals surface area contributed by atoms with E-state index in [1.165, 1.54) is 12.1 Å². The molecule has 1 aromatic heterocycles. The first kappa shape index (κ1) is 21.7. The molecule has 1 aliphatic heterocycles. The summed E-state index contributed by atoms with van der Waals surface area (Å²) >= 11 is 0. The van der Waals surface area contributed by atoms with Crippen molar-refractivity contribution in [2.45, 2.75) is 30.9 Å². The molecule has 2 heterocycles. The van der Waals surface area contributed by atoms with Crippen LogP contribution in [0.25, 0.3) is 0 Å². The van der Waals surface area contributed by atoms with Crippen molar-refractivity contribution in [3.05, 3.63) is 77.5 Å². The summed E-state index contributed by atoms with van der Waals surface area (Å²) in [6, 6.07) is 9.92. The smallest absolute Gasteiger partial charge is 0.363 e. The predicted molar refractivity (Wildman–Crippen MR) is 104 cm³/mol. The second-order valence-electron chi connectivity index (χ2n) is 7.25. The first-order chi connectivity index (χ1) is 15.1. The second-order valence-corrected chi connectivity index (χ2v) is 7.25. The highest BCUT2D eigenvalue weighted by atomic mass is 19.4. The van der Waals surface area contributed by atoms with E-state index in [4.69, 9.17) is 0 Å². The number of hydrogen-bond acceptors (Lipinski definition) is 3. The number of carbonyl (C=O) groups excluding carboxylic acids is 1. The van der Waals surface area contributed by atoms with Gasteiger partial charge in [-0.15, -0.1) is 0 Å². The maximum Gasteiger partial charge on any atom is 0.418 e. The quantitative estimate of drug-likeness (QED) is 0.491. The normalized spacial score (nSPS) is 18.6. The molecule has 2 aromatic carbocycles. The average Bonchev–Trinajstić information content (AvgIpc) is 3.16. The fraction of sp³-hybridized carbons (Fsp3) is 0.238. The van der Waals surface area contributed by atoms with Crippen molar-refractivity contribution in [3.8, 4) is 0 Å². The van der Waals surface area contributed by atoms with Crippen molar-refractivity contribution in [2.24, 2.45) is 0 Å². The molecule has 0 bridgehead atoms. The van der Waals surface area contributed by atoms with Gasteiger partial charge in [-0.3, -0.25) is 4.79 Å². The number of rotatable bonds is 3. The summed E-state index contributed by atoms with van der Waals surface area (Å²) in [5.41, 5.74) is -1.30. The van der Waals surface area contributed by atoms with E-state index in [9.17, 15) is 31.1 Å². The van der Waals surface area contributed by atoms with Crippen LogP contribution in [0.5, 0.6) is 0 Å². The number of hydrogen-bond donors (Lipinski definition) is 2. The minimum atomic E-state index is -4.72. The van der Waals surface area contributed by atoms with E-state index in [0.29, 0.717) is 10.2 Å². The van der Waals surface area contributed by atoms with Gasteiger partial charge in [0.25, 0.3) is 5.91 Å². The summed E-state index contributed by atoms with van der Waals surface area (Å²) in [6.07, 6.45) is -8.81. The zero-order valence-corrected chi connectivity index (χ0v) is 16.2. The van der Waals surface area contributed by atoms with Gasteiger partial charge in [0.05, 0.1) is 23.5 Å². The molecule has 1 aliphatic rings. The molecule has 1 amide bonds. The van der Waals surface area contributed by atoms with E-state index >= 15 is 0 Å². The van der Waals surface area contributed by atoms with Crippen LogP contribution in [0.1, 0.15) is 40.0 Å². The first-order valence-electron chi connectivity index (χ1n) is 9.49. The highest BCUT2D eigenvalue weighted by Crippen LogP contribution is 2.44. The molecular weight excluding hydrogens is 438 g/mol. The molecule has 2 atom stereocenters. The summed E-state index contributed by atoms with van der Waals surface area (Å²) in [5, 5.41) is 8.75. The van der Waals surface area contributed by atoms with Gasteiger partial charge in [-0.2, -0.15) is 31.4 Å². The lowest BCUT2D eigenvalue weighted by atomic mass is 9.96. The van der Waals surface area contributed by atoms with Crippen LogP contribution in [0.3, 0.4) is 0 Å². The monoisotopic (exact) mass is 454 g/mol. The van der Waals surface area contributed by atoms with Crippen LogP contribution in [-0.2, 0) is 6.18 Å². The Labute approximate surface area is 178 Å². The van der Waals surface area contributed by atoms with Gasteiger partial charge < -0.3 is 10.6 Å². The van der Waals surface area contributed by atoms with Gasteiger partial charge in [-0.25, -0.2) is 4.68 Å². The van der Waals surface area contributed by atoms with E-state index in [1.807, 2.05) is 0 Å². The van der Waals surface area contributed by atoms with E-state index < -0.39 is 41.6 Å². The Morgan fingerprint density at radius 3 is 2.31 bits per heavy atom. The van der Waals surface area contributed by atoms with E-state index in [0.717, 1.165) is 18.3 Å². The Hall–Kier alpha value is -3.50. The highest BCUT2D eigenvalue weighted by molar-refractivity contribution is 6.08. The topological polar surface area (TPSA) is 59.0 Å². The number of carbonyl (C=O) groups is 1. The summed E-state index contributed by atoms with van der Waals surface area (Å²) in [5.74, 6) is -1.22. The van der Waals surface area contributed by atoms with Crippen molar-refractivity contribution >= 4 is 17.4 Å². The maximum atomic E-state index is 13.7. The molecule has 0 unspecified atom stereocenters. The molecule has 0 saturated heterocycles. The number of nitrogens with one attached hydrogen (secondary N) is 2. The van der Waals surface area contributed by atoms with Crippen molar-refractivity contribution in [3.63, 3.8) is 0 Å². The fourth-order valence-electron chi connectivity index (χ4n) is 3.66. The largest absolute Gasteiger partial charge is 0.418 e. The molecule has 5 nitrogen and oxygen atoms in total. The molecule has 0 fully saturated rings. The van der Waals surface area contributed by atoms with Gasteiger partial charge >= 0.3 is 12.4 Å². The van der Waals surface area contributed by atoms with Gasteiger partial charge in [0, 0.05) is 6.42 Å².